The zero-order valence-electron chi connectivity index (χ0n) is 31.6. The molecule has 2 aliphatic carbocycles. The van der Waals surface area contributed by atoms with Crippen LogP contribution in [0.3, 0.4) is 0 Å². The minimum absolute atomic E-state index is 0.0326. The van der Waals surface area contributed by atoms with Crippen molar-refractivity contribution in [3.8, 4) is 50.3 Å². The Morgan fingerprint density at radius 1 is 0.607 bits per heavy atom. The van der Waals surface area contributed by atoms with Crippen LogP contribution in [0.25, 0.3) is 61.0 Å². The average Bonchev–Trinajstić information content (AvgIpc) is 3.75. The van der Waals surface area contributed by atoms with E-state index in [-0.39, 0.29) is 17.6 Å². The molecule has 0 bridgehead atoms. The summed E-state index contributed by atoms with van der Waals surface area (Å²) in [5, 5.41) is 10.4. The summed E-state index contributed by atoms with van der Waals surface area (Å²) in [5.74, 6) is 1.86. The van der Waals surface area contributed by atoms with Gasteiger partial charge in [-0.25, -0.2) is 0 Å². The Bertz CT molecular complexity index is 2750. The van der Waals surface area contributed by atoms with Gasteiger partial charge in [0.25, 0.3) is 0 Å². The topological polar surface area (TPSA) is 33.3 Å². The van der Waals surface area contributed by atoms with Crippen LogP contribution in [0, 0.1) is 0 Å². The summed E-state index contributed by atoms with van der Waals surface area (Å²) in [6.45, 7) is 4.82. The summed E-state index contributed by atoms with van der Waals surface area (Å²) in [7, 11) is 0. The van der Waals surface area contributed by atoms with Gasteiger partial charge in [-0.1, -0.05) is 147 Å². The van der Waals surface area contributed by atoms with Gasteiger partial charge in [0.1, 0.15) is 17.7 Å². The van der Waals surface area contributed by atoms with Crippen LogP contribution in [0.4, 0.5) is 0 Å². The highest BCUT2D eigenvalue weighted by Crippen LogP contribution is 2.56. The SMILES string of the molecule is CC1(C)c2cc(C3=C4Oc5ccccc5C4NC(C4=CCCC=C4)N3)ccc2-c2c(-c3cc(-c4ccccc4)cc(-c4ccccc4)c3)cc3ccccc3c21. The second kappa shape index (κ2) is 12.8. The maximum Gasteiger partial charge on any atom is 0.149 e. The molecule has 2 heterocycles. The van der Waals surface area contributed by atoms with E-state index < -0.39 is 0 Å². The number of hydrogen-bond acceptors (Lipinski definition) is 3. The fourth-order valence-electron chi connectivity index (χ4n) is 9.62. The quantitative estimate of drug-likeness (QED) is 0.186. The molecule has 0 amide bonds. The van der Waals surface area contributed by atoms with Crippen molar-refractivity contribution in [3.63, 3.8) is 0 Å². The summed E-state index contributed by atoms with van der Waals surface area (Å²) in [5.41, 5.74) is 17.1. The Kier molecular flexibility index (Phi) is 7.55. The van der Waals surface area contributed by atoms with Crippen LogP contribution >= 0.6 is 0 Å². The van der Waals surface area contributed by atoms with E-state index in [1.54, 1.807) is 0 Å². The van der Waals surface area contributed by atoms with E-state index in [9.17, 15) is 0 Å². The van der Waals surface area contributed by atoms with Crippen molar-refractivity contribution in [2.24, 2.45) is 0 Å². The van der Waals surface area contributed by atoms with E-state index in [1.165, 1.54) is 77.5 Å². The minimum atomic E-state index is -0.263. The van der Waals surface area contributed by atoms with Gasteiger partial charge >= 0.3 is 0 Å². The highest BCUT2D eigenvalue weighted by molar-refractivity contribution is 6.05. The summed E-state index contributed by atoms with van der Waals surface area (Å²) in [6, 6.07) is 55.6. The molecule has 56 heavy (non-hydrogen) atoms. The van der Waals surface area contributed by atoms with Crippen LogP contribution in [-0.2, 0) is 5.41 Å². The Morgan fingerprint density at radius 2 is 1.30 bits per heavy atom. The lowest BCUT2D eigenvalue weighted by Gasteiger charge is -2.34. The molecule has 4 aliphatic rings. The molecular formula is C53H42N2O. The van der Waals surface area contributed by atoms with E-state index in [0.29, 0.717) is 0 Å². The van der Waals surface area contributed by atoms with Crippen molar-refractivity contribution >= 4 is 16.5 Å². The fourth-order valence-corrected chi connectivity index (χ4v) is 9.62. The maximum atomic E-state index is 6.69. The molecule has 3 heteroatoms. The first kappa shape index (κ1) is 33.0. The van der Waals surface area contributed by atoms with Crippen molar-refractivity contribution in [3.05, 3.63) is 203 Å². The predicted octanol–water partition coefficient (Wildman–Crippen LogP) is 12.7. The van der Waals surface area contributed by atoms with Crippen LogP contribution < -0.4 is 15.4 Å². The molecule has 2 atom stereocenters. The van der Waals surface area contributed by atoms with E-state index in [1.807, 2.05) is 0 Å². The molecule has 7 aromatic carbocycles. The molecule has 3 nitrogen and oxygen atoms in total. The molecule has 2 N–H and O–H groups in total. The Balaban J connectivity index is 1.11. The number of hydrogen-bond donors (Lipinski definition) is 2. The van der Waals surface area contributed by atoms with Gasteiger partial charge in [-0.05, 0) is 121 Å². The van der Waals surface area contributed by atoms with Gasteiger partial charge in [0, 0.05) is 16.5 Å². The third kappa shape index (κ3) is 5.22. The maximum absolute atomic E-state index is 6.69. The van der Waals surface area contributed by atoms with E-state index >= 15 is 0 Å². The van der Waals surface area contributed by atoms with Crippen LogP contribution in [0.5, 0.6) is 5.75 Å². The van der Waals surface area contributed by atoms with Crippen LogP contribution in [-0.4, -0.2) is 6.17 Å². The number of benzene rings is 7. The molecular weight excluding hydrogens is 681 g/mol. The molecule has 11 rings (SSSR count). The molecule has 0 saturated heterocycles. The van der Waals surface area contributed by atoms with Crippen LogP contribution in [0.15, 0.2) is 181 Å². The van der Waals surface area contributed by atoms with Crippen molar-refractivity contribution in [2.75, 3.05) is 0 Å². The molecule has 0 spiro atoms. The number of para-hydroxylation sites is 1. The summed E-state index contributed by atoms with van der Waals surface area (Å²) in [4.78, 5) is 0. The standard InChI is InChI=1S/C53H42N2O/c1-53(2)45-32-37(49-51-50(43-24-14-15-25-46(43)56-51)55-52(54-49)35-20-10-5-11-21-35)26-27-42(45)47-44(31-36-22-12-13-23-41(36)48(47)53)40-29-38(33-16-6-3-7-17-33)28-39(30-40)34-18-8-4-9-19-34/h3-4,6-10,12-32,50,52,54-55H,5,11H2,1-2H3. The molecule has 0 aromatic heterocycles. The first-order valence-electron chi connectivity index (χ1n) is 19.9. The lowest BCUT2D eigenvalue weighted by Crippen LogP contribution is -2.49. The summed E-state index contributed by atoms with van der Waals surface area (Å²) < 4.78 is 6.69. The van der Waals surface area contributed by atoms with Crippen molar-refractivity contribution in [1.82, 2.24) is 10.6 Å². The van der Waals surface area contributed by atoms with Gasteiger partial charge in [-0.2, -0.15) is 0 Å². The third-order valence-corrected chi connectivity index (χ3v) is 12.3. The number of fused-ring (bicyclic) bond motifs is 8. The first-order valence-corrected chi connectivity index (χ1v) is 19.9. The zero-order chi connectivity index (χ0) is 37.4. The predicted molar refractivity (Wildman–Crippen MR) is 231 cm³/mol. The fraction of sp³-hybridized carbons (Fsp3) is 0.132. The first-order chi connectivity index (χ1) is 27.5. The summed E-state index contributed by atoms with van der Waals surface area (Å²) >= 11 is 0. The second-order valence-corrected chi connectivity index (χ2v) is 16.1. The van der Waals surface area contributed by atoms with Crippen molar-refractivity contribution in [2.45, 2.75) is 44.3 Å². The molecule has 270 valence electrons. The molecule has 2 unspecified atom stereocenters. The van der Waals surface area contributed by atoms with E-state index in [4.69, 9.17) is 4.74 Å². The lowest BCUT2D eigenvalue weighted by atomic mass is 9.78. The van der Waals surface area contributed by atoms with Crippen LogP contribution in [0.2, 0.25) is 0 Å². The number of rotatable bonds is 5. The van der Waals surface area contributed by atoms with Gasteiger partial charge in [0.2, 0.25) is 0 Å². The third-order valence-electron chi connectivity index (χ3n) is 12.3. The molecule has 0 fully saturated rings. The van der Waals surface area contributed by atoms with Gasteiger partial charge in [-0.3, -0.25) is 5.32 Å². The van der Waals surface area contributed by atoms with Gasteiger partial charge in [0.15, 0.2) is 0 Å². The van der Waals surface area contributed by atoms with Crippen LogP contribution in [0.1, 0.15) is 55.0 Å². The van der Waals surface area contributed by atoms with E-state index in [0.717, 1.165) is 35.6 Å². The Labute approximate surface area is 328 Å². The summed E-state index contributed by atoms with van der Waals surface area (Å²) in [6.07, 6.45) is 9.02. The molecule has 7 aromatic rings. The van der Waals surface area contributed by atoms with Crippen molar-refractivity contribution < 1.29 is 4.74 Å². The van der Waals surface area contributed by atoms with Gasteiger partial charge < -0.3 is 10.1 Å². The second-order valence-electron chi connectivity index (χ2n) is 16.1. The molecule has 0 radical (unpaired) electrons. The largest absolute Gasteiger partial charge is 0.457 e. The highest BCUT2D eigenvalue weighted by Gasteiger charge is 2.42. The molecule has 2 aliphatic heterocycles. The van der Waals surface area contributed by atoms with Gasteiger partial charge in [-0.15, -0.1) is 0 Å². The van der Waals surface area contributed by atoms with Crippen molar-refractivity contribution in [1.29, 1.82) is 0 Å². The number of ether oxygens (including phenoxy) is 1. The average molecular weight is 723 g/mol. The number of nitrogens with one attached hydrogen (secondary N) is 2. The lowest BCUT2D eigenvalue weighted by molar-refractivity contribution is 0.363. The van der Waals surface area contributed by atoms with E-state index in [2.05, 4.69) is 194 Å². The number of allylic oxidation sites excluding steroid dienone is 2. The Morgan fingerprint density at radius 3 is 2.05 bits per heavy atom. The zero-order valence-corrected chi connectivity index (χ0v) is 31.6. The molecule has 0 saturated carbocycles. The Hall–Kier alpha value is -6.42. The normalized spacial score (nSPS) is 18.7. The van der Waals surface area contributed by atoms with Gasteiger partial charge in [0.05, 0.1) is 11.7 Å². The smallest absolute Gasteiger partial charge is 0.149 e. The monoisotopic (exact) mass is 722 g/mol. The minimum Gasteiger partial charge on any atom is -0.457 e. The highest BCUT2D eigenvalue weighted by atomic mass is 16.5.